The number of carboxylic acid groups (broad SMARTS) is 1. The summed E-state index contributed by atoms with van der Waals surface area (Å²) >= 11 is 5.34. The molecule has 0 heterocycles. The zero-order chi connectivity index (χ0) is 15.3. The van der Waals surface area contributed by atoms with Gasteiger partial charge in [0.25, 0.3) is 0 Å². The molecule has 1 amide bonds. The van der Waals surface area contributed by atoms with Gasteiger partial charge in [-0.3, -0.25) is 9.59 Å². The van der Waals surface area contributed by atoms with Crippen LogP contribution in [0.4, 0.5) is 18.9 Å². The Morgan fingerprint density at radius 2 is 1.80 bits per heavy atom. The van der Waals surface area contributed by atoms with Gasteiger partial charge in [-0.25, -0.2) is 0 Å². The number of carbonyl (C=O) groups excluding carboxylic acids is 1. The molecule has 1 N–H and O–H groups in total. The minimum atomic E-state index is -4.83. The van der Waals surface area contributed by atoms with Crippen LogP contribution in [0.5, 0.6) is 5.75 Å². The number of hydrogen-bond donors (Lipinski definition) is 1. The van der Waals surface area contributed by atoms with Gasteiger partial charge in [-0.2, -0.15) is 0 Å². The minimum absolute atomic E-state index is 0.104. The molecule has 0 aliphatic heterocycles. The van der Waals surface area contributed by atoms with E-state index in [1.54, 1.807) is 0 Å². The first-order chi connectivity index (χ1) is 9.23. The smallest absolute Gasteiger partial charge is 0.480 e. The molecule has 0 radical (unpaired) electrons. The Morgan fingerprint density at radius 1 is 1.25 bits per heavy atom. The van der Waals surface area contributed by atoms with Gasteiger partial charge >= 0.3 is 12.3 Å². The Hall–Kier alpha value is -1.96. The lowest BCUT2D eigenvalue weighted by molar-refractivity contribution is -0.274. The molecule has 0 unspecified atom stereocenters. The summed E-state index contributed by atoms with van der Waals surface area (Å²) < 4.78 is 39.6. The van der Waals surface area contributed by atoms with Crippen LogP contribution in [0.1, 0.15) is 0 Å². The van der Waals surface area contributed by atoms with Crippen molar-refractivity contribution < 1.29 is 32.6 Å². The number of ether oxygens (including phenoxy) is 1. The maximum Gasteiger partial charge on any atom is 0.573 e. The van der Waals surface area contributed by atoms with Gasteiger partial charge in [0.1, 0.15) is 18.2 Å². The van der Waals surface area contributed by atoms with Crippen molar-refractivity contribution in [2.24, 2.45) is 0 Å². The summed E-state index contributed by atoms with van der Waals surface area (Å²) in [7, 11) is 0. The molecule has 1 aromatic rings. The van der Waals surface area contributed by atoms with E-state index in [2.05, 4.69) is 4.74 Å². The van der Waals surface area contributed by atoms with Crippen molar-refractivity contribution in [3.05, 3.63) is 24.3 Å². The highest BCUT2D eigenvalue weighted by Gasteiger charge is 2.31. The van der Waals surface area contributed by atoms with Gasteiger partial charge in [0, 0.05) is 5.69 Å². The molecule has 0 saturated carbocycles. The number of hydrogen-bond acceptors (Lipinski definition) is 3. The van der Waals surface area contributed by atoms with Gasteiger partial charge < -0.3 is 14.7 Å². The Labute approximate surface area is 116 Å². The van der Waals surface area contributed by atoms with E-state index in [0.29, 0.717) is 0 Å². The molecule has 5 nitrogen and oxygen atoms in total. The molecule has 0 atom stereocenters. The number of carboxylic acids is 1. The number of alkyl halides is 4. The van der Waals surface area contributed by atoms with Crippen LogP contribution < -0.4 is 9.64 Å². The molecule has 20 heavy (non-hydrogen) atoms. The van der Waals surface area contributed by atoms with E-state index in [1.807, 2.05) is 0 Å². The predicted molar refractivity (Wildman–Crippen MR) is 63.8 cm³/mol. The minimum Gasteiger partial charge on any atom is -0.480 e. The van der Waals surface area contributed by atoms with Crippen LogP contribution in [0.15, 0.2) is 24.3 Å². The lowest BCUT2D eigenvalue weighted by Gasteiger charge is -2.20. The fourth-order valence-corrected chi connectivity index (χ4v) is 1.50. The SMILES string of the molecule is O=C(O)CN(C(=O)CCl)c1ccc(OC(F)(F)F)cc1. The number of amides is 1. The molecular formula is C11H9ClF3NO4. The van der Waals surface area contributed by atoms with Crippen molar-refractivity contribution in [1.29, 1.82) is 0 Å². The fraction of sp³-hybridized carbons (Fsp3) is 0.273. The molecule has 0 aliphatic carbocycles. The zero-order valence-electron chi connectivity index (χ0n) is 9.85. The van der Waals surface area contributed by atoms with Crippen LogP contribution in [-0.2, 0) is 9.59 Å². The zero-order valence-corrected chi connectivity index (χ0v) is 10.6. The van der Waals surface area contributed by atoms with Crippen molar-refractivity contribution in [3.63, 3.8) is 0 Å². The summed E-state index contributed by atoms with van der Waals surface area (Å²) in [5, 5.41) is 8.69. The van der Waals surface area contributed by atoms with Gasteiger partial charge in [0.15, 0.2) is 0 Å². The van der Waals surface area contributed by atoms with E-state index in [-0.39, 0.29) is 5.69 Å². The lowest BCUT2D eigenvalue weighted by Crippen LogP contribution is -2.36. The summed E-state index contributed by atoms with van der Waals surface area (Å²) in [5.41, 5.74) is 0.104. The topological polar surface area (TPSA) is 66.8 Å². The number of benzene rings is 1. The largest absolute Gasteiger partial charge is 0.573 e. The third kappa shape index (κ3) is 4.96. The normalized spacial score (nSPS) is 11.0. The summed E-state index contributed by atoms with van der Waals surface area (Å²) in [6.07, 6.45) is -4.83. The quantitative estimate of drug-likeness (QED) is 0.847. The summed E-state index contributed by atoms with van der Waals surface area (Å²) in [6.45, 7) is -0.648. The number of nitrogens with zero attached hydrogens (tertiary/aromatic N) is 1. The summed E-state index contributed by atoms with van der Waals surface area (Å²) in [4.78, 5) is 23.0. The second kappa shape index (κ2) is 6.47. The number of anilines is 1. The van der Waals surface area contributed by atoms with E-state index < -0.39 is 36.4 Å². The molecule has 0 saturated heterocycles. The van der Waals surface area contributed by atoms with Crippen molar-refractivity contribution in [3.8, 4) is 5.75 Å². The highest BCUT2D eigenvalue weighted by Crippen LogP contribution is 2.25. The number of halogens is 4. The van der Waals surface area contributed by atoms with Crippen molar-refractivity contribution in [2.45, 2.75) is 6.36 Å². The third-order valence-electron chi connectivity index (χ3n) is 2.09. The molecular weight excluding hydrogens is 303 g/mol. The average molecular weight is 312 g/mol. The number of carbonyl (C=O) groups is 2. The van der Waals surface area contributed by atoms with Crippen LogP contribution in [0.2, 0.25) is 0 Å². The average Bonchev–Trinajstić information content (AvgIpc) is 2.34. The van der Waals surface area contributed by atoms with Crippen LogP contribution in [0, 0.1) is 0 Å². The first kappa shape index (κ1) is 16.1. The van der Waals surface area contributed by atoms with E-state index in [0.717, 1.165) is 29.2 Å². The van der Waals surface area contributed by atoms with Crippen LogP contribution in [0.3, 0.4) is 0 Å². The molecule has 0 fully saturated rings. The monoisotopic (exact) mass is 311 g/mol. The van der Waals surface area contributed by atoms with E-state index >= 15 is 0 Å². The Kier molecular flexibility index (Phi) is 5.20. The van der Waals surface area contributed by atoms with Crippen molar-refractivity contribution in [2.75, 3.05) is 17.3 Å². The van der Waals surface area contributed by atoms with Gasteiger partial charge in [0.2, 0.25) is 5.91 Å². The van der Waals surface area contributed by atoms with Crippen molar-refractivity contribution >= 4 is 29.2 Å². The molecule has 0 bridgehead atoms. The molecule has 1 aromatic carbocycles. The molecule has 110 valence electrons. The standard InChI is InChI=1S/C11H9ClF3NO4/c12-5-9(17)16(6-10(18)19)7-1-3-8(4-2-7)20-11(13,14)15/h1-4H,5-6H2,(H,18,19). The van der Waals surface area contributed by atoms with Crippen LogP contribution in [-0.4, -0.2) is 35.8 Å². The second-order valence-corrected chi connectivity index (χ2v) is 3.82. The molecule has 0 spiro atoms. The maximum absolute atomic E-state index is 12.0. The Balaban J connectivity index is 2.93. The number of rotatable bonds is 5. The Morgan fingerprint density at radius 3 is 2.20 bits per heavy atom. The van der Waals surface area contributed by atoms with Gasteiger partial charge in [-0.1, -0.05) is 0 Å². The first-order valence-corrected chi connectivity index (χ1v) is 5.70. The van der Waals surface area contributed by atoms with Gasteiger partial charge in [-0.05, 0) is 24.3 Å². The molecule has 0 aromatic heterocycles. The van der Waals surface area contributed by atoms with E-state index in [4.69, 9.17) is 16.7 Å². The first-order valence-electron chi connectivity index (χ1n) is 5.17. The van der Waals surface area contributed by atoms with Gasteiger partial charge in [0.05, 0.1) is 0 Å². The predicted octanol–water partition coefficient (Wildman–Crippen LogP) is 2.24. The summed E-state index contributed by atoms with van der Waals surface area (Å²) in [5.74, 6) is -2.89. The highest BCUT2D eigenvalue weighted by atomic mass is 35.5. The summed E-state index contributed by atoms with van der Waals surface area (Å²) in [6, 6.07) is 4.21. The van der Waals surface area contributed by atoms with Crippen LogP contribution in [0.25, 0.3) is 0 Å². The van der Waals surface area contributed by atoms with Crippen LogP contribution >= 0.6 is 11.6 Å². The van der Waals surface area contributed by atoms with E-state index in [9.17, 15) is 22.8 Å². The lowest BCUT2D eigenvalue weighted by atomic mass is 10.2. The molecule has 1 rings (SSSR count). The Bertz CT molecular complexity index is 489. The van der Waals surface area contributed by atoms with Gasteiger partial charge in [-0.15, -0.1) is 24.8 Å². The second-order valence-electron chi connectivity index (χ2n) is 3.55. The number of aliphatic carboxylic acids is 1. The fourth-order valence-electron chi connectivity index (χ4n) is 1.36. The third-order valence-corrected chi connectivity index (χ3v) is 2.32. The maximum atomic E-state index is 12.0. The molecule has 9 heteroatoms. The van der Waals surface area contributed by atoms with E-state index in [1.165, 1.54) is 0 Å². The molecule has 0 aliphatic rings. The highest BCUT2D eigenvalue weighted by molar-refractivity contribution is 6.29. The van der Waals surface area contributed by atoms with Crippen molar-refractivity contribution in [1.82, 2.24) is 0 Å².